The number of aryl methyl sites for hydroxylation is 2. The van der Waals surface area contributed by atoms with Gasteiger partial charge in [0.05, 0.1) is 6.04 Å². The topological polar surface area (TPSA) is 65.2 Å². The van der Waals surface area contributed by atoms with Crippen molar-refractivity contribution in [2.75, 3.05) is 26.3 Å². The van der Waals surface area contributed by atoms with E-state index in [-0.39, 0.29) is 5.91 Å². The van der Waals surface area contributed by atoms with Gasteiger partial charge in [-0.05, 0) is 39.2 Å². The Morgan fingerprint density at radius 1 is 1.31 bits per heavy atom. The quantitative estimate of drug-likeness (QED) is 0.843. The van der Waals surface area contributed by atoms with Gasteiger partial charge in [-0.2, -0.15) is 5.10 Å². The lowest BCUT2D eigenvalue weighted by Gasteiger charge is -2.26. The number of ether oxygens (including phenoxy) is 1. The van der Waals surface area contributed by atoms with Gasteiger partial charge in [-0.3, -0.25) is 9.48 Å². The minimum Gasteiger partial charge on any atom is -0.381 e. The number of amides is 1. The highest BCUT2D eigenvalue weighted by atomic mass is 16.5. The molecule has 2 aromatic rings. The number of hydrogen-bond donors (Lipinski definition) is 0. The standard InChI is InChI=1S/C19H27N5O2/c1-3-23-17(4-8-21-23)19(25)22-9-5-16(13-22)24-14(2)12-20-18(24)15-6-10-26-11-7-15/h4,8,12,15-16H,3,5-7,9-11,13H2,1-2H3. The molecule has 1 unspecified atom stereocenters. The van der Waals surface area contributed by atoms with Gasteiger partial charge in [0.15, 0.2) is 0 Å². The van der Waals surface area contributed by atoms with Crippen molar-refractivity contribution in [3.8, 4) is 0 Å². The molecule has 2 saturated heterocycles. The summed E-state index contributed by atoms with van der Waals surface area (Å²) in [5.74, 6) is 1.71. The lowest BCUT2D eigenvalue weighted by Crippen LogP contribution is -2.31. The minimum atomic E-state index is 0.0808. The lowest BCUT2D eigenvalue weighted by atomic mass is 9.99. The maximum atomic E-state index is 12.9. The fraction of sp³-hybridized carbons (Fsp3) is 0.632. The van der Waals surface area contributed by atoms with Gasteiger partial charge in [-0.15, -0.1) is 0 Å². The first-order valence-corrected chi connectivity index (χ1v) is 9.61. The number of imidazole rings is 1. The van der Waals surface area contributed by atoms with Gasteiger partial charge in [-0.25, -0.2) is 4.98 Å². The summed E-state index contributed by atoms with van der Waals surface area (Å²) in [6.07, 6.45) is 6.71. The highest BCUT2D eigenvalue weighted by molar-refractivity contribution is 5.92. The number of likely N-dealkylation sites (tertiary alicyclic amines) is 1. The van der Waals surface area contributed by atoms with Crippen molar-refractivity contribution in [2.45, 2.75) is 51.6 Å². The van der Waals surface area contributed by atoms with E-state index in [1.807, 2.05) is 24.1 Å². The summed E-state index contributed by atoms with van der Waals surface area (Å²) in [6.45, 7) is 7.97. The summed E-state index contributed by atoms with van der Waals surface area (Å²) >= 11 is 0. The van der Waals surface area contributed by atoms with Crippen LogP contribution in [0, 0.1) is 6.92 Å². The van der Waals surface area contributed by atoms with Crippen LogP contribution in [0.2, 0.25) is 0 Å². The van der Waals surface area contributed by atoms with Crippen molar-refractivity contribution >= 4 is 5.91 Å². The Balaban J connectivity index is 1.52. The Morgan fingerprint density at radius 3 is 2.88 bits per heavy atom. The fourth-order valence-corrected chi connectivity index (χ4v) is 4.26. The van der Waals surface area contributed by atoms with Crippen LogP contribution in [0.1, 0.15) is 60.2 Å². The zero-order valence-corrected chi connectivity index (χ0v) is 15.6. The van der Waals surface area contributed by atoms with Crippen LogP contribution in [-0.2, 0) is 11.3 Å². The molecule has 0 spiro atoms. The number of hydrogen-bond acceptors (Lipinski definition) is 4. The van der Waals surface area contributed by atoms with E-state index in [2.05, 4.69) is 16.6 Å². The van der Waals surface area contributed by atoms with E-state index in [1.165, 1.54) is 11.5 Å². The van der Waals surface area contributed by atoms with Gasteiger partial charge < -0.3 is 14.2 Å². The first kappa shape index (κ1) is 17.3. The van der Waals surface area contributed by atoms with Gasteiger partial charge in [-0.1, -0.05) is 0 Å². The van der Waals surface area contributed by atoms with Crippen LogP contribution < -0.4 is 0 Å². The smallest absolute Gasteiger partial charge is 0.272 e. The first-order valence-electron chi connectivity index (χ1n) is 9.61. The number of nitrogens with zero attached hydrogens (tertiary/aromatic N) is 5. The highest BCUT2D eigenvalue weighted by Gasteiger charge is 2.32. The van der Waals surface area contributed by atoms with Crippen molar-refractivity contribution in [2.24, 2.45) is 0 Å². The van der Waals surface area contributed by atoms with Crippen molar-refractivity contribution in [3.05, 3.63) is 35.7 Å². The van der Waals surface area contributed by atoms with Crippen molar-refractivity contribution < 1.29 is 9.53 Å². The molecule has 4 heterocycles. The van der Waals surface area contributed by atoms with Gasteiger partial charge >= 0.3 is 0 Å². The van der Waals surface area contributed by atoms with E-state index < -0.39 is 0 Å². The number of rotatable bonds is 4. The number of carbonyl (C=O) groups excluding carboxylic acids is 1. The van der Waals surface area contributed by atoms with Crippen LogP contribution >= 0.6 is 0 Å². The van der Waals surface area contributed by atoms with Crippen molar-refractivity contribution in [1.29, 1.82) is 0 Å². The van der Waals surface area contributed by atoms with Crippen LogP contribution in [0.3, 0.4) is 0 Å². The molecule has 26 heavy (non-hydrogen) atoms. The molecule has 1 atom stereocenters. The molecule has 2 aromatic heterocycles. The molecule has 7 heteroatoms. The molecule has 0 aromatic carbocycles. The van der Waals surface area contributed by atoms with E-state index >= 15 is 0 Å². The molecule has 2 fully saturated rings. The summed E-state index contributed by atoms with van der Waals surface area (Å²) < 4.78 is 9.65. The third-order valence-electron chi connectivity index (χ3n) is 5.65. The number of aromatic nitrogens is 4. The van der Waals surface area contributed by atoms with Gasteiger partial charge in [0.25, 0.3) is 5.91 Å². The molecule has 7 nitrogen and oxygen atoms in total. The molecular formula is C19H27N5O2. The Morgan fingerprint density at radius 2 is 2.12 bits per heavy atom. The third-order valence-corrected chi connectivity index (χ3v) is 5.65. The zero-order valence-electron chi connectivity index (χ0n) is 15.6. The minimum absolute atomic E-state index is 0.0808. The average Bonchev–Trinajstić information content (AvgIpc) is 3.40. The van der Waals surface area contributed by atoms with E-state index in [1.54, 1.807) is 10.9 Å². The predicted octanol–water partition coefficient (Wildman–Crippen LogP) is 2.39. The molecular weight excluding hydrogens is 330 g/mol. The monoisotopic (exact) mass is 357 g/mol. The Labute approximate surface area is 154 Å². The molecule has 0 N–H and O–H groups in total. The summed E-state index contributed by atoms with van der Waals surface area (Å²) in [5.41, 5.74) is 1.87. The molecule has 0 saturated carbocycles. The van der Waals surface area contributed by atoms with Crippen molar-refractivity contribution in [3.63, 3.8) is 0 Å². The summed E-state index contributed by atoms with van der Waals surface area (Å²) in [7, 11) is 0. The summed E-state index contributed by atoms with van der Waals surface area (Å²) in [4.78, 5) is 19.6. The molecule has 0 aliphatic carbocycles. The first-order chi connectivity index (χ1) is 12.7. The number of carbonyl (C=O) groups is 1. The molecule has 0 bridgehead atoms. The second-order valence-electron chi connectivity index (χ2n) is 7.24. The van der Waals surface area contributed by atoms with Crippen LogP contribution in [0.15, 0.2) is 18.5 Å². The van der Waals surface area contributed by atoms with E-state index in [9.17, 15) is 4.79 Å². The van der Waals surface area contributed by atoms with E-state index in [0.29, 0.717) is 24.2 Å². The molecule has 140 valence electrons. The molecule has 2 aliphatic rings. The molecule has 0 radical (unpaired) electrons. The SMILES string of the molecule is CCn1nccc1C(=O)N1CCC(n2c(C)cnc2C2CCOCC2)C1. The maximum Gasteiger partial charge on any atom is 0.272 e. The fourth-order valence-electron chi connectivity index (χ4n) is 4.26. The van der Waals surface area contributed by atoms with Crippen LogP contribution in [0.4, 0.5) is 0 Å². The normalized spacial score (nSPS) is 21.5. The van der Waals surface area contributed by atoms with Gasteiger partial charge in [0.1, 0.15) is 11.5 Å². The van der Waals surface area contributed by atoms with Crippen molar-refractivity contribution in [1.82, 2.24) is 24.2 Å². The second kappa shape index (κ2) is 7.23. The zero-order chi connectivity index (χ0) is 18.1. The van der Waals surface area contributed by atoms with Crippen LogP contribution in [-0.4, -0.2) is 56.4 Å². The van der Waals surface area contributed by atoms with Crippen LogP contribution in [0.5, 0.6) is 0 Å². The summed E-state index contributed by atoms with van der Waals surface area (Å²) in [6, 6.07) is 2.12. The largest absolute Gasteiger partial charge is 0.381 e. The second-order valence-corrected chi connectivity index (χ2v) is 7.24. The maximum absolute atomic E-state index is 12.9. The predicted molar refractivity (Wildman–Crippen MR) is 97.2 cm³/mol. The highest BCUT2D eigenvalue weighted by Crippen LogP contribution is 2.32. The van der Waals surface area contributed by atoms with Gasteiger partial charge in [0.2, 0.25) is 0 Å². The molecule has 1 amide bonds. The lowest BCUT2D eigenvalue weighted by molar-refractivity contribution is 0.0772. The van der Waals surface area contributed by atoms with Gasteiger partial charge in [0, 0.05) is 56.9 Å². The summed E-state index contributed by atoms with van der Waals surface area (Å²) in [5, 5.41) is 4.23. The molecule has 4 rings (SSSR count). The Bertz CT molecular complexity index is 775. The third kappa shape index (κ3) is 3.05. The van der Waals surface area contributed by atoms with E-state index in [0.717, 1.165) is 45.6 Å². The Hall–Kier alpha value is -2.15. The van der Waals surface area contributed by atoms with Crippen LogP contribution in [0.25, 0.3) is 0 Å². The average molecular weight is 357 g/mol. The Kier molecular flexibility index (Phi) is 4.80. The molecule has 2 aliphatic heterocycles. The van der Waals surface area contributed by atoms with E-state index in [4.69, 9.17) is 9.72 Å².